The Kier molecular flexibility index (Phi) is 3.89. The molecule has 0 bridgehead atoms. The molecule has 16 heavy (non-hydrogen) atoms. The summed E-state index contributed by atoms with van der Waals surface area (Å²) in [6.07, 6.45) is 13.2. The summed E-state index contributed by atoms with van der Waals surface area (Å²) in [4.78, 5) is 0. The van der Waals surface area contributed by atoms with Crippen LogP contribution >= 0.6 is 0 Å². The van der Waals surface area contributed by atoms with Gasteiger partial charge in [0.1, 0.15) is 0 Å². The number of terminal acetylenes is 1. The van der Waals surface area contributed by atoms with Crippen molar-refractivity contribution in [2.24, 2.45) is 5.41 Å². The lowest BCUT2D eigenvalue weighted by Crippen LogP contribution is -2.62. The molecule has 0 amide bonds. The number of hydrogen-bond donors (Lipinski definition) is 1. The van der Waals surface area contributed by atoms with Gasteiger partial charge in [-0.25, -0.2) is 0 Å². The molecule has 2 atom stereocenters. The highest BCUT2D eigenvalue weighted by Crippen LogP contribution is 2.54. The Hall–Kier alpha value is -0.520. The van der Waals surface area contributed by atoms with Crippen molar-refractivity contribution >= 4 is 0 Å². The summed E-state index contributed by atoms with van der Waals surface area (Å²) in [7, 11) is 0. The van der Waals surface area contributed by atoms with E-state index >= 15 is 0 Å². The molecule has 0 aromatic carbocycles. The number of ether oxygens (including phenoxy) is 1. The van der Waals surface area contributed by atoms with Gasteiger partial charge >= 0.3 is 0 Å². The number of hydrogen-bond acceptors (Lipinski definition) is 2. The maximum Gasteiger partial charge on any atom is 0.0661 e. The van der Waals surface area contributed by atoms with E-state index in [4.69, 9.17) is 11.2 Å². The molecule has 1 spiro atoms. The quantitative estimate of drug-likeness (QED) is 0.568. The zero-order chi connectivity index (χ0) is 11.4. The molecule has 0 aromatic heterocycles. The minimum atomic E-state index is 0.449. The van der Waals surface area contributed by atoms with Gasteiger partial charge in [-0.05, 0) is 26.2 Å². The molecule has 1 N–H and O–H groups in total. The molecule has 90 valence electrons. The van der Waals surface area contributed by atoms with Crippen molar-refractivity contribution in [3.05, 3.63) is 0 Å². The molecule has 0 aliphatic heterocycles. The van der Waals surface area contributed by atoms with Crippen LogP contribution in [-0.4, -0.2) is 25.3 Å². The van der Waals surface area contributed by atoms with Crippen molar-refractivity contribution in [1.29, 1.82) is 0 Å². The van der Waals surface area contributed by atoms with Gasteiger partial charge in [0, 0.05) is 31.0 Å². The first-order valence-electron chi connectivity index (χ1n) is 6.62. The van der Waals surface area contributed by atoms with Crippen LogP contribution in [-0.2, 0) is 4.74 Å². The summed E-state index contributed by atoms with van der Waals surface area (Å²) in [5, 5.41) is 3.62. The van der Waals surface area contributed by atoms with Gasteiger partial charge in [-0.2, -0.15) is 0 Å². The monoisotopic (exact) mass is 221 g/mol. The average molecular weight is 221 g/mol. The molecular formula is C14H23NO. The summed E-state index contributed by atoms with van der Waals surface area (Å²) < 4.78 is 5.87. The fourth-order valence-corrected chi connectivity index (χ4v) is 3.49. The average Bonchev–Trinajstić information content (AvgIpc) is 2.79. The van der Waals surface area contributed by atoms with Crippen LogP contribution in [0.15, 0.2) is 0 Å². The third kappa shape index (κ3) is 1.99. The Morgan fingerprint density at radius 2 is 2.19 bits per heavy atom. The molecule has 0 saturated heterocycles. The van der Waals surface area contributed by atoms with Gasteiger partial charge in [-0.1, -0.05) is 12.8 Å². The summed E-state index contributed by atoms with van der Waals surface area (Å²) in [5.74, 6) is 2.69. The summed E-state index contributed by atoms with van der Waals surface area (Å²) in [6, 6.07) is 0.653. The van der Waals surface area contributed by atoms with Gasteiger partial charge in [0.2, 0.25) is 0 Å². The Labute approximate surface area is 99.1 Å². The molecule has 2 saturated carbocycles. The second-order valence-corrected chi connectivity index (χ2v) is 5.08. The lowest BCUT2D eigenvalue weighted by atomic mass is 9.60. The Morgan fingerprint density at radius 3 is 2.81 bits per heavy atom. The third-order valence-electron chi connectivity index (χ3n) is 4.35. The smallest absolute Gasteiger partial charge is 0.0661 e. The van der Waals surface area contributed by atoms with Gasteiger partial charge in [0.05, 0.1) is 6.10 Å². The van der Waals surface area contributed by atoms with E-state index < -0.39 is 0 Å². The van der Waals surface area contributed by atoms with Crippen LogP contribution in [0.2, 0.25) is 0 Å². The normalized spacial score (nSPS) is 31.2. The Morgan fingerprint density at radius 1 is 1.44 bits per heavy atom. The van der Waals surface area contributed by atoms with Crippen molar-refractivity contribution in [1.82, 2.24) is 5.32 Å². The van der Waals surface area contributed by atoms with E-state index in [9.17, 15) is 0 Å². The van der Waals surface area contributed by atoms with Crippen molar-refractivity contribution < 1.29 is 4.74 Å². The molecule has 0 heterocycles. The molecule has 0 aromatic rings. The fraction of sp³-hybridized carbons (Fsp3) is 0.857. The van der Waals surface area contributed by atoms with E-state index in [1.807, 2.05) is 0 Å². The predicted molar refractivity (Wildman–Crippen MR) is 66.2 cm³/mol. The Bertz CT molecular complexity index is 262. The minimum absolute atomic E-state index is 0.449. The minimum Gasteiger partial charge on any atom is -0.378 e. The molecular weight excluding hydrogens is 198 g/mol. The molecule has 2 aliphatic rings. The van der Waals surface area contributed by atoms with E-state index in [1.54, 1.807) is 0 Å². The molecule has 2 heteroatoms. The van der Waals surface area contributed by atoms with Crippen LogP contribution < -0.4 is 5.32 Å². The van der Waals surface area contributed by atoms with Crippen LogP contribution in [0.5, 0.6) is 0 Å². The highest BCUT2D eigenvalue weighted by Gasteiger charge is 2.56. The molecule has 2 aliphatic carbocycles. The predicted octanol–water partition coefficient (Wildman–Crippen LogP) is 2.34. The summed E-state index contributed by atoms with van der Waals surface area (Å²) >= 11 is 0. The SMILES string of the molecule is C#CCCNC1CC(OCC)C12CCCC2. The third-order valence-corrected chi connectivity index (χ3v) is 4.35. The van der Waals surface area contributed by atoms with E-state index in [0.29, 0.717) is 17.6 Å². The first-order valence-corrected chi connectivity index (χ1v) is 6.62. The lowest BCUT2D eigenvalue weighted by molar-refractivity contribution is -0.130. The van der Waals surface area contributed by atoms with Gasteiger partial charge in [-0.15, -0.1) is 12.3 Å². The topological polar surface area (TPSA) is 21.3 Å². The van der Waals surface area contributed by atoms with E-state index in [-0.39, 0.29) is 0 Å². The summed E-state index contributed by atoms with van der Waals surface area (Å²) in [5.41, 5.74) is 0.449. The van der Waals surface area contributed by atoms with E-state index in [1.165, 1.54) is 32.1 Å². The fourth-order valence-electron chi connectivity index (χ4n) is 3.49. The molecule has 2 unspecified atom stereocenters. The van der Waals surface area contributed by atoms with Crippen LogP contribution in [0.3, 0.4) is 0 Å². The highest BCUT2D eigenvalue weighted by molar-refractivity contribution is 5.10. The van der Waals surface area contributed by atoms with Crippen molar-refractivity contribution in [2.75, 3.05) is 13.2 Å². The summed E-state index contributed by atoms with van der Waals surface area (Å²) in [6.45, 7) is 3.91. The van der Waals surface area contributed by atoms with Crippen molar-refractivity contribution in [3.63, 3.8) is 0 Å². The maximum absolute atomic E-state index is 5.87. The molecule has 2 fully saturated rings. The molecule has 2 nitrogen and oxygen atoms in total. The lowest BCUT2D eigenvalue weighted by Gasteiger charge is -2.54. The maximum atomic E-state index is 5.87. The second-order valence-electron chi connectivity index (χ2n) is 5.08. The first kappa shape index (κ1) is 12.0. The standard InChI is InChI=1S/C14H23NO/c1-3-5-10-15-12-11-13(16-4-2)14(12)8-6-7-9-14/h1,12-13,15H,4-11H2,2H3. The van der Waals surface area contributed by atoms with Crippen LogP contribution in [0.1, 0.15) is 45.4 Å². The number of rotatable bonds is 5. The molecule has 0 radical (unpaired) electrons. The van der Waals surface area contributed by atoms with Gasteiger partial charge in [-0.3, -0.25) is 0 Å². The zero-order valence-corrected chi connectivity index (χ0v) is 10.3. The van der Waals surface area contributed by atoms with Crippen LogP contribution in [0, 0.1) is 17.8 Å². The Balaban J connectivity index is 1.88. The van der Waals surface area contributed by atoms with Gasteiger partial charge in [0.15, 0.2) is 0 Å². The van der Waals surface area contributed by atoms with Crippen LogP contribution in [0.4, 0.5) is 0 Å². The van der Waals surface area contributed by atoms with Gasteiger partial charge in [0.25, 0.3) is 0 Å². The van der Waals surface area contributed by atoms with Crippen molar-refractivity contribution in [2.45, 2.75) is 57.6 Å². The largest absolute Gasteiger partial charge is 0.378 e. The first-order chi connectivity index (χ1) is 7.83. The van der Waals surface area contributed by atoms with Crippen molar-refractivity contribution in [3.8, 4) is 12.3 Å². The van der Waals surface area contributed by atoms with E-state index in [2.05, 4.69) is 18.2 Å². The number of nitrogens with one attached hydrogen (secondary N) is 1. The van der Waals surface area contributed by atoms with Gasteiger partial charge < -0.3 is 10.1 Å². The van der Waals surface area contributed by atoms with Crippen LogP contribution in [0.25, 0.3) is 0 Å². The molecule has 2 rings (SSSR count). The van der Waals surface area contributed by atoms with E-state index in [0.717, 1.165) is 19.6 Å². The second kappa shape index (κ2) is 5.21. The highest BCUT2D eigenvalue weighted by atomic mass is 16.5. The zero-order valence-electron chi connectivity index (χ0n) is 10.3.